The van der Waals surface area contributed by atoms with Crippen LogP contribution in [-0.4, -0.2) is 16.2 Å². The summed E-state index contributed by atoms with van der Waals surface area (Å²) in [5.41, 5.74) is 6.41. The van der Waals surface area contributed by atoms with Gasteiger partial charge in [-0.25, -0.2) is 4.79 Å². The average molecular weight is 203 g/mol. The van der Waals surface area contributed by atoms with E-state index in [1.54, 1.807) is 24.3 Å². The summed E-state index contributed by atoms with van der Waals surface area (Å²) in [7, 11) is 0. The number of ether oxygens (including phenoxy) is 1. The Bertz CT molecular complexity index is 465. The molecule has 76 valence electrons. The fourth-order valence-corrected chi connectivity index (χ4v) is 1.09. The van der Waals surface area contributed by atoms with Crippen LogP contribution in [0, 0.1) is 0 Å². The van der Waals surface area contributed by atoms with Gasteiger partial charge in [-0.2, -0.15) is 5.10 Å². The number of H-pyrrole nitrogens is 1. The van der Waals surface area contributed by atoms with E-state index in [1.807, 2.05) is 0 Å². The highest BCUT2D eigenvalue weighted by Gasteiger charge is 2.10. The third-order valence-corrected chi connectivity index (χ3v) is 1.86. The van der Waals surface area contributed by atoms with E-state index in [2.05, 4.69) is 10.2 Å². The van der Waals surface area contributed by atoms with Crippen LogP contribution in [0.15, 0.2) is 36.7 Å². The molecule has 1 aromatic carbocycles. The Labute approximate surface area is 85.9 Å². The minimum atomic E-state index is -0.485. The Hall–Kier alpha value is -2.30. The first-order valence-corrected chi connectivity index (χ1v) is 4.33. The van der Waals surface area contributed by atoms with Gasteiger partial charge in [0.05, 0.1) is 17.4 Å². The van der Waals surface area contributed by atoms with Crippen LogP contribution in [-0.2, 0) is 0 Å². The van der Waals surface area contributed by atoms with Gasteiger partial charge >= 0.3 is 5.97 Å². The summed E-state index contributed by atoms with van der Waals surface area (Å²) >= 11 is 0. The molecule has 0 amide bonds. The molecule has 1 heterocycles. The predicted molar refractivity (Wildman–Crippen MR) is 54.4 cm³/mol. The number of benzene rings is 1. The Morgan fingerprint density at radius 1 is 1.40 bits per heavy atom. The van der Waals surface area contributed by atoms with Crippen LogP contribution in [0.5, 0.6) is 5.75 Å². The van der Waals surface area contributed by atoms with E-state index in [1.165, 1.54) is 12.4 Å². The largest absolute Gasteiger partial charge is 0.421 e. The lowest BCUT2D eigenvalue weighted by Crippen LogP contribution is -2.08. The molecule has 0 fully saturated rings. The number of aromatic nitrogens is 2. The summed E-state index contributed by atoms with van der Waals surface area (Å²) in [5.74, 6) is -0.134. The first-order chi connectivity index (χ1) is 7.27. The highest BCUT2D eigenvalue weighted by Crippen LogP contribution is 2.20. The molecule has 0 saturated heterocycles. The van der Waals surface area contributed by atoms with Crippen LogP contribution in [0.3, 0.4) is 0 Å². The number of aromatic amines is 1. The molecule has 0 saturated carbocycles. The van der Waals surface area contributed by atoms with Gasteiger partial charge in [-0.15, -0.1) is 0 Å². The average Bonchev–Trinajstić information content (AvgIpc) is 2.74. The number of nitrogens with zero attached hydrogens (tertiary/aromatic N) is 1. The van der Waals surface area contributed by atoms with Gasteiger partial charge in [0.2, 0.25) is 0 Å². The van der Waals surface area contributed by atoms with E-state index in [4.69, 9.17) is 10.5 Å². The highest BCUT2D eigenvalue weighted by atomic mass is 16.5. The Morgan fingerprint density at radius 2 is 2.20 bits per heavy atom. The number of carbonyl (C=O) groups is 1. The second-order valence-electron chi connectivity index (χ2n) is 2.91. The molecule has 0 aliphatic carbocycles. The van der Waals surface area contributed by atoms with Crippen molar-refractivity contribution in [2.45, 2.75) is 0 Å². The number of esters is 1. The number of para-hydroxylation sites is 2. The van der Waals surface area contributed by atoms with E-state index >= 15 is 0 Å². The van der Waals surface area contributed by atoms with Crippen LogP contribution >= 0.6 is 0 Å². The fraction of sp³-hybridized carbons (Fsp3) is 0. The summed E-state index contributed by atoms with van der Waals surface area (Å²) in [6.07, 6.45) is 2.85. The molecule has 0 unspecified atom stereocenters. The first-order valence-electron chi connectivity index (χ1n) is 4.33. The summed E-state index contributed by atoms with van der Waals surface area (Å²) in [4.78, 5) is 11.5. The standard InChI is InChI=1S/C10H9N3O2/c11-8-3-1-2-4-9(8)15-10(14)7-5-12-13-6-7/h1-6H,11H2,(H,12,13). The van der Waals surface area contributed by atoms with E-state index < -0.39 is 5.97 Å². The normalized spacial score (nSPS) is 9.87. The second-order valence-corrected chi connectivity index (χ2v) is 2.91. The second kappa shape index (κ2) is 3.83. The number of anilines is 1. The van der Waals surface area contributed by atoms with Crippen molar-refractivity contribution >= 4 is 11.7 Å². The number of nitrogens with one attached hydrogen (secondary N) is 1. The van der Waals surface area contributed by atoms with Gasteiger partial charge in [0.1, 0.15) is 0 Å². The molecular formula is C10H9N3O2. The molecule has 1 aromatic heterocycles. The number of nitrogen functional groups attached to an aromatic ring is 1. The van der Waals surface area contributed by atoms with Crippen LogP contribution < -0.4 is 10.5 Å². The van der Waals surface area contributed by atoms with Crippen molar-refractivity contribution in [3.63, 3.8) is 0 Å². The molecule has 3 N–H and O–H groups in total. The third-order valence-electron chi connectivity index (χ3n) is 1.86. The highest BCUT2D eigenvalue weighted by molar-refractivity contribution is 5.91. The monoisotopic (exact) mass is 203 g/mol. The zero-order chi connectivity index (χ0) is 10.7. The molecule has 2 rings (SSSR count). The minimum absolute atomic E-state index is 0.351. The topological polar surface area (TPSA) is 81.0 Å². The van der Waals surface area contributed by atoms with E-state index in [-0.39, 0.29) is 0 Å². The molecule has 0 spiro atoms. The van der Waals surface area contributed by atoms with Crippen LogP contribution in [0.4, 0.5) is 5.69 Å². The van der Waals surface area contributed by atoms with Gasteiger partial charge in [-0.3, -0.25) is 5.10 Å². The molecular weight excluding hydrogens is 194 g/mol. The molecule has 5 nitrogen and oxygen atoms in total. The molecule has 0 aliphatic heterocycles. The van der Waals surface area contributed by atoms with E-state index in [0.29, 0.717) is 17.0 Å². The minimum Gasteiger partial charge on any atom is -0.421 e. The lowest BCUT2D eigenvalue weighted by Gasteiger charge is -2.04. The predicted octanol–water partition coefficient (Wildman–Crippen LogP) is 1.21. The summed E-state index contributed by atoms with van der Waals surface area (Å²) in [6, 6.07) is 6.81. The van der Waals surface area contributed by atoms with Crippen molar-refractivity contribution in [3.8, 4) is 5.75 Å². The van der Waals surface area contributed by atoms with E-state index in [0.717, 1.165) is 0 Å². The lowest BCUT2D eigenvalue weighted by molar-refractivity contribution is 0.0736. The van der Waals surface area contributed by atoms with Crippen molar-refractivity contribution in [3.05, 3.63) is 42.2 Å². The van der Waals surface area contributed by atoms with Gasteiger partial charge in [0.15, 0.2) is 5.75 Å². The van der Waals surface area contributed by atoms with Crippen molar-refractivity contribution in [1.29, 1.82) is 0 Å². The van der Waals surface area contributed by atoms with Crippen molar-refractivity contribution in [2.75, 3.05) is 5.73 Å². The zero-order valence-corrected chi connectivity index (χ0v) is 7.81. The van der Waals surface area contributed by atoms with Gasteiger partial charge in [0, 0.05) is 6.20 Å². The van der Waals surface area contributed by atoms with Gasteiger partial charge < -0.3 is 10.5 Å². The maximum Gasteiger partial charge on any atom is 0.346 e. The number of rotatable bonds is 2. The fourth-order valence-electron chi connectivity index (χ4n) is 1.09. The quantitative estimate of drug-likeness (QED) is 0.436. The molecule has 0 radical (unpaired) electrons. The maximum absolute atomic E-state index is 11.5. The number of hydrogen-bond donors (Lipinski definition) is 2. The third kappa shape index (κ3) is 1.96. The lowest BCUT2D eigenvalue weighted by atomic mass is 10.3. The molecule has 5 heteroatoms. The summed E-state index contributed by atoms with van der Waals surface area (Å²) in [6.45, 7) is 0. The number of nitrogens with two attached hydrogens (primary N) is 1. The van der Waals surface area contributed by atoms with Crippen LogP contribution in [0.1, 0.15) is 10.4 Å². The van der Waals surface area contributed by atoms with Gasteiger partial charge in [-0.05, 0) is 12.1 Å². The van der Waals surface area contributed by atoms with Gasteiger partial charge in [0.25, 0.3) is 0 Å². The maximum atomic E-state index is 11.5. The number of carbonyl (C=O) groups excluding carboxylic acids is 1. The number of hydrogen-bond acceptors (Lipinski definition) is 4. The molecule has 2 aromatic rings. The Morgan fingerprint density at radius 3 is 2.87 bits per heavy atom. The smallest absolute Gasteiger partial charge is 0.346 e. The molecule has 0 aliphatic rings. The summed E-state index contributed by atoms with van der Waals surface area (Å²) in [5, 5.41) is 6.18. The summed E-state index contributed by atoms with van der Waals surface area (Å²) < 4.78 is 5.07. The first kappa shape index (κ1) is 9.26. The SMILES string of the molecule is Nc1ccccc1OC(=O)c1cn[nH]c1. The Kier molecular flexibility index (Phi) is 2.37. The van der Waals surface area contributed by atoms with Crippen LogP contribution in [0.2, 0.25) is 0 Å². The van der Waals surface area contributed by atoms with E-state index in [9.17, 15) is 4.79 Å². The molecule has 0 atom stereocenters. The van der Waals surface area contributed by atoms with Crippen LogP contribution in [0.25, 0.3) is 0 Å². The van der Waals surface area contributed by atoms with Crippen molar-refractivity contribution < 1.29 is 9.53 Å². The van der Waals surface area contributed by atoms with Crippen molar-refractivity contribution in [2.24, 2.45) is 0 Å². The van der Waals surface area contributed by atoms with Gasteiger partial charge in [-0.1, -0.05) is 12.1 Å². The molecule has 15 heavy (non-hydrogen) atoms. The zero-order valence-electron chi connectivity index (χ0n) is 7.81. The molecule has 0 bridgehead atoms. The Balaban J connectivity index is 2.17. The van der Waals surface area contributed by atoms with Crippen molar-refractivity contribution in [1.82, 2.24) is 10.2 Å².